The molecular weight excluding hydrogens is 314 g/mol. The molecular formula is C19H27N5O. The predicted molar refractivity (Wildman–Crippen MR) is 99.4 cm³/mol. The Balaban J connectivity index is 1.43. The Kier molecular flexibility index (Phi) is 5.93. The van der Waals surface area contributed by atoms with Crippen LogP contribution in [0, 0.1) is 5.92 Å². The van der Waals surface area contributed by atoms with Crippen LogP contribution in [0.1, 0.15) is 19.8 Å². The van der Waals surface area contributed by atoms with Gasteiger partial charge in [-0.25, -0.2) is 4.79 Å². The Bertz CT molecular complexity index is 643. The number of amides is 2. The molecule has 0 radical (unpaired) electrons. The van der Waals surface area contributed by atoms with Crippen molar-refractivity contribution < 1.29 is 4.79 Å². The van der Waals surface area contributed by atoms with Gasteiger partial charge in [-0.05, 0) is 37.0 Å². The number of nitrogens with zero attached hydrogens (tertiary/aromatic N) is 3. The highest BCUT2D eigenvalue weighted by molar-refractivity contribution is 5.74. The molecule has 2 atom stereocenters. The molecule has 1 aromatic heterocycles. The number of piperidine rings is 1. The van der Waals surface area contributed by atoms with E-state index in [4.69, 9.17) is 0 Å². The number of carbonyl (C=O) groups excluding carboxylic acids is 1. The van der Waals surface area contributed by atoms with Crippen LogP contribution in [-0.2, 0) is 6.54 Å². The summed E-state index contributed by atoms with van der Waals surface area (Å²) in [6.07, 6.45) is 5.84. The second kappa shape index (κ2) is 8.55. The van der Waals surface area contributed by atoms with Crippen molar-refractivity contribution in [3.8, 4) is 0 Å². The molecule has 0 unspecified atom stereocenters. The Morgan fingerprint density at radius 2 is 2.16 bits per heavy atom. The topological polar surface area (TPSA) is 62.2 Å². The maximum absolute atomic E-state index is 12.5. The highest BCUT2D eigenvalue weighted by Crippen LogP contribution is 2.16. The molecule has 6 nitrogen and oxygen atoms in total. The van der Waals surface area contributed by atoms with Crippen molar-refractivity contribution in [3.05, 3.63) is 48.8 Å². The fourth-order valence-corrected chi connectivity index (χ4v) is 3.22. The summed E-state index contributed by atoms with van der Waals surface area (Å²) in [5, 5.41) is 10.8. The summed E-state index contributed by atoms with van der Waals surface area (Å²) in [6.45, 7) is 5.16. The largest absolute Gasteiger partial charge is 0.381 e. The smallest absolute Gasteiger partial charge is 0.317 e. The van der Waals surface area contributed by atoms with E-state index in [1.165, 1.54) is 0 Å². The number of hydrogen-bond donors (Lipinski definition) is 2. The zero-order valence-corrected chi connectivity index (χ0v) is 14.8. The zero-order chi connectivity index (χ0) is 17.5. The van der Waals surface area contributed by atoms with Gasteiger partial charge in [0.2, 0.25) is 0 Å². The first kappa shape index (κ1) is 17.3. The van der Waals surface area contributed by atoms with Crippen molar-refractivity contribution in [2.45, 2.75) is 32.4 Å². The molecule has 134 valence electrons. The van der Waals surface area contributed by atoms with E-state index < -0.39 is 0 Å². The first-order valence-electron chi connectivity index (χ1n) is 9.02. The van der Waals surface area contributed by atoms with E-state index in [9.17, 15) is 4.79 Å². The molecule has 1 saturated heterocycles. The summed E-state index contributed by atoms with van der Waals surface area (Å²) in [6, 6.07) is 12.4. The minimum atomic E-state index is 0.0341. The van der Waals surface area contributed by atoms with Crippen LogP contribution in [0.2, 0.25) is 0 Å². The minimum Gasteiger partial charge on any atom is -0.381 e. The summed E-state index contributed by atoms with van der Waals surface area (Å²) in [7, 11) is 0. The number of para-hydroxylation sites is 1. The first-order chi connectivity index (χ1) is 12.2. The van der Waals surface area contributed by atoms with Crippen molar-refractivity contribution in [1.29, 1.82) is 0 Å². The van der Waals surface area contributed by atoms with Crippen molar-refractivity contribution in [2.75, 3.05) is 25.0 Å². The molecule has 1 aliphatic heterocycles. The van der Waals surface area contributed by atoms with Crippen molar-refractivity contribution in [2.24, 2.45) is 5.92 Å². The molecule has 1 fully saturated rings. The van der Waals surface area contributed by atoms with Crippen molar-refractivity contribution in [3.63, 3.8) is 0 Å². The fourth-order valence-electron chi connectivity index (χ4n) is 3.22. The van der Waals surface area contributed by atoms with Gasteiger partial charge in [-0.1, -0.05) is 25.1 Å². The summed E-state index contributed by atoms with van der Waals surface area (Å²) in [5.41, 5.74) is 1.11. The lowest BCUT2D eigenvalue weighted by Crippen LogP contribution is -2.49. The van der Waals surface area contributed by atoms with Gasteiger partial charge in [0.05, 0.1) is 0 Å². The number of hydrogen-bond acceptors (Lipinski definition) is 3. The predicted octanol–water partition coefficient (Wildman–Crippen LogP) is 2.81. The Hall–Kier alpha value is -2.50. The van der Waals surface area contributed by atoms with Gasteiger partial charge in [-0.3, -0.25) is 4.68 Å². The SMILES string of the molecule is C[C@@H](CNC(=O)N1CCC[C@@H](Nc2ccccc2)C1)Cn1cccn1. The van der Waals surface area contributed by atoms with E-state index in [0.29, 0.717) is 18.5 Å². The van der Waals surface area contributed by atoms with Gasteiger partial charge >= 0.3 is 6.03 Å². The van der Waals surface area contributed by atoms with Gasteiger partial charge < -0.3 is 15.5 Å². The monoisotopic (exact) mass is 341 g/mol. The maximum atomic E-state index is 12.5. The number of nitrogens with one attached hydrogen (secondary N) is 2. The molecule has 0 spiro atoms. The van der Waals surface area contributed by atoms with Crippen LogP contribution in [0.3, 0.4) is 0 Å². The molecule has 2 aromatic rings. The van der Waals surface area contributed by atoms with Crippen LogP contribution in [0.5, 0.6) is 0 Å². The van der Waals surface area contributed by atoms with Crippen molar-refractivity contribution in [1.82, 2.24) is 20.0 Å². The standard InChI is InChI=1S/C19H27N5O/c1-16(14-24-12-6-10-21-24)13-20-19(25)23-11-5-9-18(15-23)22-17-7-3-2-4-8-17/h2-4,6-8,10,12,16,18,22H,5,9,11,13-15H2,1H3,(H,20,25)/t16-,18+/m0/s1. The van der Waals surface area contributed by atoms with E-state index in [0.717, 1.165) is 38.2 Å². The molecule has 0 aliphatic carbocycles. The lowest BCUT2D eigenvalue weighted by Gasteiger charge is -2.34. The molecule has 2 heterocycles. The zero-order valence-electron chi connectivity index (χ0n) is 14.8. The van der Waals surface area contributed by atoms with Gasteiger partial charge in [0.1, 0.15) is 0 Å². The summed E-state index contributed by atoms with van der Waals surface area (Å²) in [4.78, 5) is 14.4. The highest BCUT2D eigenvalue weighted by atomic mass is 16.2. The molecule has 0 saturated carbocycles. The molecule has 3 rings (SSSR count). The van der Waals surface area contributed by atoms with E-state index in [-0.39, 0.29) is 6.03 Å². The lowest BCUT2D eigenvalue weighted by molar-refractivity contribution is 0.180. The van der Waals surface area contributed by atoms with E-state index >= 15 is 0 Å². The van der Waals surface area contributed by atoms with Crippen LogP contribution in [0.25, 0.3) is 0 Å². The first-order valence-corrected chi connectivity index (χ1v) is 9.02. The fraction of sp³-hybridized carbons (Fsp3) is 0.474. The number of urea groups is 1. The number of anilines is 1. The van der Waals surface area contributed by atoms with Gasteiger partial charge in [0.25, 0.3) is 0 Å². The van der Waals surface area contributed by atoms with E-state index in [1.807, 2.05) is 40.0 Å². The Labute approximate surface area is 149 Å². The Morgan fingerprint density at radius 1 is 1.32 bits per heavy atom. The number of likely N-dealkylation sites (tertiary alicyclic amines) is 1. The molecule has 2 N–H and O–H groups in total. The van der Waals surface area contributed by atoms with Gasteiger partial charge in [0.15, 0.2) is 0 Å². The van der Waals surface area contributed by atoms with Gasteiger partial charge in [-0.15, -0.1) is 0 Å². The summed E-state index contributed by atoms with van der Waals surface area (Å²) >= 11 is 0. The average Bonchev–Trinajstić information content (AvgIpc) is 3.14. The number of aromatic nitrogens is 2. The minimum absolute atomic E-state index is 0.0341. The highest BCUT2D eigenvalue weighted by Gasteiger charge is 2.23. The van der Waals surface area contributed by atoms with Crippen LogP contribution < -0.4 is 10.6 Å². The van der Waals surface area contributed by atoms with Crippen LogP contribution in [0.4, 0.5) is 10.5 Å². The molecule has 6 heteroatoms. The normalized spacial score (nSPS) is 18.6. The van der Waals surface area contributed by atoms with E-state index in [2.05, 4.69) is 34.8 Å². The average molecular weight is 341 g/mol. The third kappa shape index (κ3) is 5.24. The van der Waals surface area contributed by atoms with E-state index in [1.54, 1.807) is 6.20 Å². The Morgan fingerprint density at radius 3 is 2.92 bits per heavy atom. The quantitative estimate of drug-likeness (QED) is 0.849. The number of benzene rings is 1. The number of rotatable bonds is 6. The number of carbonyl (C=O) groups is 1. The van der Waals surface area contributed by atoms with Crippen molar-refractivity contribution >= 4 is 11.7 Å². The second-order valence-corrected chi connectivity index (χ2v) is 6.81. The molecule has 25 heavy (non-hydrogen) atoms. The third-order valence-electron chi connectivity index (χ3n) is 4.51. The molecule has 1 aromatic carbocycles. The molecule has 0 bridgehead atoms. The summed E-state index contributed by atoms with van der Waals surface area (Å²) < 4.78 is 1.90. The van der Waals surface area contributed by atoms with Gasteiger partial charge in [-0.2, -0.15) is 5.10 Å². The third-order valence-corrected chi connectivity index (χ3v) is 4.51. The van der Waals surface area contributed by atoms with Crippen LogP contribution in [-0.4, -0.2) is 46.4 Å². The molecule has 1 aliphatic rings. The van der Waals surface area contributed by atoms with Gasteiger partial charge in [0, 0.05) is 50.3 Å². The van der Waals surface area contributed by atoms with Crippen LogP contribution >= 0.6 is 0 Å². The summed E-state index contributed by atoms with van der Waals surface area (Å²) in [5.74, 6) is 0.340. The van der Waals surface area contributed by atoms with Crippen LogP contribution in [0.15, 0.2) is 48.8 Å². The molecule has 2 amide bonds. The maximum Gasteiger partial charge on any atom is 0.317 e. The lowest BCUT2D eigenvalue weighted by atomic mass is 10.1. The second-order valence-electron chi connectivity index (χ2n) is 6.81.